The number of hydrogen-bond donors (Lipinski definition) is 0. The van der Waals surface area contributed by atoms with Crippen molar-refractivity contribution in [1.82, 2.24) is 4.90 Å². The third-order valence-electron chi connectivity index (χ3n) is 2.04. The van der Waals surface area contributed by atoms with Crippen molar-refractivity contribution in [2.45, 2.75) is 38.6 Å². The van der Waals surface area contributed by atoms with Gasteiger partial charge in [-0.1, -0.05) is 6.92 Å². The van der Waals surface area contributed by atoms with Crippen molar-refractivity contribution in [3.05, 3.63) is 0 Å². The molecule has 0 aromatic carbocycles. The molecule has 0 amide bonds. The van der Waals surface area contributed by atoms with Crippen LogP contribution in [-0.4, -0.2) is 28.6 Å². The van der Waals surface area contributed by atoms with Gasteiger partial charge in [0.05, 0.1) is 5.37 Å². The molecule has 0 N–H and O–H groups in total. The number of hydrogen-bond acceptors (Lipinski definition) is 2. The van der Waals surface area contributed by atoms with Crippen LogP contribution in [0, 0.1) is 0 Å². The van der Waals surface area contributed by atoms with Crippen molar-refractivity contribution in [3.63, 3.8) is 0 Å². The molecule has 0 radical (unpaired) electrons. The van der Waals surface area contributed by atoms with Crippen LogP contribution in [0.2, 0.25) is 0 Å². The molecule has 0 aliphatic carbocycles. The molecule has 2 heteroatoms. The monoisotopic (exact) mass is 159 g/mol. The minimum atomic E-state index is 0.736. The molecule has 1 aliphatic heterocycles. The van der Waals surface area contributed by atoms with E-state index in [-0.39, 0.29) is 0 Å². The van der Waals surface area contributed by atoms with E-state index in [0.29, 0.717) is 0 Å². The summed E-state index contributed by atoms with van der Waals surface area (Å²) in [4.78, 5) is 2.59. The van der Waals surface area contributed by atoms with Gasteiger partial charge in [0.2, 0.25) is 0 Å². The SMILES string of the molecule is CCC1SCCN1C(C)C. The lowest BCUT2D eigenvalue weighted by atomic mass is 10.3. The molecule has 60 valence electrons. The lowest BCUT2D eigenvalue weighted by Crippen LogP contribution is -2.34. The standard InChI is InChI=1S/C8H17NS/c1-4-8-9(7(2)3)5-6-10-8/h7-8H,4-6H2,1-3H3. The Kier molecular flexibility index (Phi) is 3.05. The van der Waals surface area contributed by atoms with Crippen molar-refractivity contribution in [2.24, 2.45) is 0 Å². The van der Waals surface area contributed by atoms with Gasteiger partial charge in [0.1, 0.15) is 0 Å². The fraction of sp³-hybridized carbons (Fsp3) is 1.00. The second-order valence-corrected chi connectivity index (χ2v) is 4.35. The van der Waals surface area contributed by atoms with Gasteiger partial charge in [0.25, 0.3) is 0 Å². The van der Waals surface area contributed by atoms with Crippen molar-refractivity contribution < 1.29 is 0 Å². The first-order valence-electron chi connectivity index (χ1n) is 4.13. The molecular weight excluding hydrogens is 142 g/mol. The summed E-state index contributed by atoms with van der Waals surface area (Å²) in [7, 11) is 0. The maximum absolute atomic E-state index is 2.59. The maximum atomic E-state index is 2.59. The molecule has 0 saturated carbocycles. The van der Waals surface area contributed by atoms with Crippen LogP contribution in [-0.2, 0) is 0 Å². The second kappa shape index (κ2) is 3.63. The highest BCUT2D eigenvalue weighted by Gasteiger charge is 2.24. The van der Waals surface area contributed by atoms with E-state index >= 15 is 0 Å². The predicted molar refractivity (Wildman–Crippen MR) is 48.4 cm³/mol. The van der Waals surface area contributed by atoms with E-state index in [0.717, 1.165) is 11.4 Å². The topological polar surface area (TPSA) is 3.24 Å². The molecule has 1 saturated heterocycles. The molecule has 0 aromatic rings. The van der Waals surface area contributed by atoms with E-state index in [1.54, 1.807) is 0 Å². The predicted octanol–water partition coefficient (Wildman–Crippen LogP) is 2.18. The molecule has 10 heavy (non-hydrogen) atoms. The zero-order valence-corrected chi connectivity index (χ0v) is 7.95. The quantitative estimate of drug-likeness (QED) is 0.607. The van der Waals surface area contributed by atoms with Gasteiger partial charge in [0, 0.05) is 18.3 Å². The Bertz CT molecular complexity index is 103. The summed E-state index contributed by atoms with van der Waals surface area (Å²) in [6.07, 6.45) is 1.29. The summed E-state index contributed by atoms with van der Waals surface area (Å²) in [6, 6.07) is 0.736. The largest absolute Gasteiger partial charge is 0.288 e. The number of nitrogens with zero attached hydrogens (tertiary/aromatic N) is 1. The first kappa shape index (κ1) is 8.41. The zero-order valence-electron chi connectivity index (χ0n) is 7.13. The summed E-state index contributed by atoms with van der Waals surface area (Å²) in [5.41, 5.74) is 0. The van der Waals surface area contributed by atoms with Crippen molar-refractivity contribution in [1.29, 1.82) is 0 Å². The highest BCUT2D eigenvalue weighted by molar-refractivity contribution is 8.00. The molecule has 1 rings (SSSR count). The third kappa shape index (κ3) is 1.67. The Balaban J connectivity index is 2.42. The van der Waals surface area contributed by atoms with Gasteiger partial charge in [-0.05, 0) is 20.3 Å². The summed E-state index contributed by atoms with van der Waals surface area (Å²) in [5, 5.41) is 0.806. The summed E-state index contributed by atoms with van der Waals surface area (Å²) >= 11 is 2.10. The van der Waals surface area contributed by atoms with Crippen LogP contribution in [0.25, 0.3) is 0 Å². The molecule has 1 unspecified atom stereocenters. The minimum Gasteiger partial charge on any atom is -0.288 e. The van der Waals surface area contributed by atoms with Gasteiger partial charge in [-0.2, -0.15) is 0 Å². The normalized spacial score (nSPS) is 28.2. The molecule has 0 bridgehead atoms. The average Bonchev–Trinajstić information content (AvgIpc) is 2.33. The number of rotatable bonds is 2. The lowest BCUT2D eigenvalue weighted by Gasteiger charge is -2.26. The van der Waals surface area contributed by atoms with Gasteiger partial charge >= 0.3 is 0 Å². The van der Waals surface area contributed by atoms with Gasteiger partial charge in [-0.15, -0.1) is 11.8 Å². The Morgan fingerprint density at radius 1 is 1.60 bits per heavy atom. The first-order chi connectivity index (χ1) is 4.75. The van der Waals surface area contributed by atoms with E-state index in [1.165, 1.54) is 18.7 Å². The van der Waals surface area contributed by atoms with E-state index in [4.69, 9.17) is 0 Å². The van der Waals surface area contributed by atoms with Crippen LogP contribution >= 0.6 is 11.8 Å². The van der Waals surface area contributed by atoms with Gasteiger partial charge < -0.3 is 0 Å². The van der Waals surface area contributed by atoms with Gasteiger partial charge in [-0.3, -0.25) is 4.90 Å². The van der Waals surface area contributed by atoms with Crippen LogP contribution in [0.3, 0.4) is 0 Å². The highest BCUT2D eigenvalue weighted by atomic mass is 32.2. The molecule has 1 aliphatic rings. The summed E-state index contributed by atoms with van der Waals surface area (Å²) in [5.74, 6) is 1.33. The summed E-state index contributed by atoms with van der Waals surface area (Å²) in [6.45, 7) is 8.14. The Morgan fingerprint density at radius 2 is 2.30 bits per heavy atom. The van der Waals surface area contributed by atoms with Gasteiger partial charge in [-0.25, -0.2) is 0 Å². The molecule has 0 spiro atoms. The van der Waals surface area contributed by atoms with E-state index in [2.05, 4.69) is 37.4 Å². The Hall–Kier alpha value is 0.310. The fourth-order valence-electron chi connectivity index (χ4n) is 1.48. The van der Waals surface area contributed by atoms with Crippen LogP contribution in [0.5, 0.6) is 0 Å². The van der Waals surface area contributed by atoms with E-state index in [1.807, 2.05) is 0 Å². The first-order valence-corrected chi connectivity index (χ1v) is 5.18. The molecule has 1 fully saturated rings. The molecule has 1 nitrogen and oxygen atoms in total. The van der Waals surface area contributed by atoms with Crippen LogP contribution in [0.15, 0.2) is 0 Å². The Morgan fingerprint density at radius 3 is 2.70 bits per heavy atom. The lowest BCUT2D eigenvalue weighted by molar-refractivity contribution is 0.228. The molecule has 0 aromatic heterocycles. The van der Waals surface area contributed by atoms with E-state index < -0.39 is 0 Å². The Labute approximate surface area is 68.2 Å². The van der Waals surface area contributed by atoms with E-state index in [9.17, 15) is 0 Å². The smallest absolute Gasteiger partial charge is 0.0557 e. The third-order valence-corrected chi connectivity index (χ3v) is 3.45. The molecule has 1 heterocycles. The fourth-order valence-corrected chi connectivity index (χ4v) is 2.84. The summed E-state index contributed by atoms with van der Waals surface area (Å²) < 4.78 is 0. The van der Waals surface area contributed by atoms with Crippen LogP contribution < -0.4 is 0 Å². The average molecular weight is 159 g/mol. The van der Waals surface area contributed by atoms with Crippen molar-refractivity contribution in [3.8, 4) is 0 Å². The van der Waals surface area contributed by atoms with Crippen molar-refractivity contribution >= 4 is 11.8 Å². The second-order valence-electron chi connectivity index (χ2n) is 3.07. The van der Waals surface area contributed by atoms with Crippen LogP contribution in [0.1, 0.15) is 27.2 Å². The zero-order chi connectivity index (χ0) is 7.56. The molecular formula is C8H17NS. The van der Waals surface area contributed by atoms with Crippen molar-refractivity contribution in [2.75, 3.05) is 12.3 Å². The minimum absolute atomic E-state index is 0.736. The maximum Gasteiger partial charge on any atom is 0.0557 e. The molecule has 1 atom stereocenters. The van der Waals surface area contributed by atoms with Crippen LogP contribution in [0.4, 0.5) is 0 Å². The highest BCUT2D eigenvalue weighted by Crippen LogP contribution is 2.27. The van der Waals surface area contributed by atoms with Gasteiger partial charge in [0.15, 0.2) is 0 Å². The number of thioether (sulfide) groups is 1.